The van der Waals surface area contributed by atoms with Crippen LogP contribution in [0.15, 0.2) is 79.4 Å². The van der Waals surface area contributed by atoms with Gasteiger partial charge < -0.3 is 30.4 Å². The van der Waals surface area contributed by atoms with Gasteiger partial charge in [0, 0.05) is 44.0 Å². The summed E-state index contributed by atoms with van der Waals surface area (Å²) in [6.07, 6.45) is 10.4. The number of morpholine rings is 1. The molecule has 1 saturated carbocycles. The van der Waals surface area contributed by atoms with Crippen LogP contribution in [0, 0.1) is 11.8 Å². The molecule has 4 N–H and O–H groups in total. The lowest BCUT2D eigenvalue weighted by Crippen LogP contribution is -2.54. The molecule has 1 aliphatic carbocycles. The molecule has 2 aromatic heterocycles. The van der Waals surface area contributed by atoms with E-state index < -0.39 is 30.0 Å². The number of imidazole rings is 1. The molecule has 1 saturated heterocycles. The fourth-order valence-electron chi connectivity index (χ4n) is 7.35. The summed E-state index contributed by atoms with van der Waals surface area (Å²) in [4.78, 5) is 55.4. The Balaban J connectivity index is 1.25. The Hall–Kier alpha value is -4.61. The number of amides is 3. The first-order valence-corrected chi connectivity index (χ1v) is 17.9. The summed E-state index contributed by atoms with van der Waals surface area (Å²) < 4.78 is 5.45. The standard InChI is InChI=1S/C39H48N6O5/c46-36(45-17-19-50-20-18-45)23-30(22-29-13-8-12-28-11-4-5-14-32(28)29)38(48)44-35(24-31-25-40-26-42-31)39(49)43-34(21-27-9-2-1-3-10-27)37(47)33-15-6-7-16-41-33/h4-8,11-16,25-27,30,34-35,37,47H,1-3,9-10,17-24H2,(H,40,42)(H,43,49)(H,44,48)/t30-,34-,35+,37-/m1/s1. The molecule has 2 fully saturated rings. The zero-order valence-electron chi connectivity index (χ0n) is 28.5. The van der Waals surface area contributed by atoms with Crippen LogP contribution in [0.4, 0.5) is 0 Å². The van der Waals surface area contributed by atoms with Crippen molar-refractivity contribution in [1.82, 2.24) is 30.5 Å². The molecule has 0 unspecified atom stereocenters. The maximum Gasteiger partial charge on any atom is 0.243 e. The molecule has 11 heteroatoms. The minimum absolute atomic E-state index is 0.00382. The van der Waals surface area contributed by atoms with Crippen LogP contribution in [-0.4, -0.2) is 81.1 Å². The van der Waals surface area contributed by atoms with Crippen LogP contribution < -0.4 is 10.6 Å². The summed E-state index contributed by atoms with van der Waals surface area (Å²) in [5.41, 5.74) is 2.12. The van der Waals surface area contributed by atoms with E-state index in [1.807, 2.05) is 48.5 Å². The first kappa shape index (κ1) is 35.2. The van der Waals surface area contributed by atoms with Gasteiger partial charge in [-0.25, -0.2) is 4.98 Å². The molecule has 264 valence electrons. The lowest BCUT2D eigenvalue weighted by atomic mass is 9.83. The van der Waals surface area contributed by atoms with Crippen molar-refractivity contribution in [3.63, 3.8) is 0 Å². The summed E-state index contributed by atoms with van der Waals surface area (Å²) in [5, 5.41) is 19.7. The Bertz CT molecular complexity index is 1680. The molecule has 2 aromatic carbocycles. The molecule has 3 heterocycles. The number of fused-ring (bicyclic) bond motifs is 1. The van der Waals surface area contributed by atoms with Crippen molar-refractivity contribution in [3.05, 3.63) is 96.3 Å². The monoisotopic (exact) mass is 680 g/mol. The molecule has 0 radical (unpaired) electrons. The fraction of sp³-hybridized carbons (Fsp3) is 0.462. The molecule has 2 aliphatic rings. The number of aromatic nitrogens is 3. The summed E-state index contributed by atoms with van der Waals surface area (Å²) in [6.45, 7) is 1.88. The summed E-state index contributed by atoms with van der Waals surface area (Å²) in [5.74, 6) is -1.27. The quantitative estimate of drug-likeness (QED) is 0.155. The van der Waals surface area contributed by atoms with Gasteiger partial charge in [0.2, 0.25) is 17.7 Å². The van der Waals surface area contributed by atoms with Gasteiger partial charge in [-0.15, -0.1) is 0 Å². The molecule has 1 aliphatic heterocycles. The van der Waals surface area contributed by atoms with Crippen LogP contribution in [0.5, 0.6) is 0 Å². The smallest absolute Gasteiger partial charge is 0.243 e. The number of nitrogens with zero attached hydrogens (tertiary/aromatic N) is 3. The Labute approximate surface area is 293 Å². The number of benzene rings is 2. The number of carbonyl (C=O) groups is 3. The lowest BCUT2D eigenvalue weighted by molar-refractivity contribution is -0.140. The maximum atomic E-state index is 14.3. The number of ether oxygens (including phenoxy) is 1. The van der Waals surface area contributed by atoms with E-state index in [0.717, 1.165) is 42.0 Å². The molecule has 0 spiro atoms. The molecule has 3 amide bonds. The van der Waals surface area contributed by atoms with E-state index in [1.165, 1.54) is 12.7 Å². The average Bonchev–Trinajstić information content (AvgIpc) is 3.68. The zero-order valence-corrected chi connectivity index (χ0v) is 28.5. The zero-order chi connectivity index (χ0) is 34.7. The van der Waals surface area contributed by atoms with Crippen LogP contribution >= 0.6 is 0 Å². The van der Waals surface area contributed by atoms with Gasteiger partial charge in [0.05, 0.1) is 37.2 Å². The molecule has 11 nitrogen and oxygen atoms in total. The number of nitrogens with one attached hydrogen (secondary N) is 3. The van der Waals surface area contributed by atoms with Crippen molar-refractivity contribution in [2.24, 2.45) is 11.8 Å². The highest BCUT2D eigenvalue weighted by Crippen LogP contribution is 2.31. The minimum Gasteiger partial charge on any atom is -0.385 e. The molecular formula is C39H48N6O5. The Kier molecular flexibility index (Phi) is 12.2. The number of hydrogen-bond donors (Lipinski definition) is 4. The SMILES string of the molecule is O=C(N[C@@H](Cc1cnc[nH]1)C(=O)N[C@H](CC1CCCCC1)[C@H](O)c1ccccn1)[C@@H](CC(=O)N1CCOCC1)Cc1cccc2ccccc12. The molecule has 4 aromatic rings. The first-order chi connectivity index (χ1) is 24.4. The average molecular weight is 681 g/mol. The van der Waals surface area contributed by atoms with E-state index in [-0.39, 0.29) is 24.7 Å². The van der Waals surface area contributed by atoms with Gasteiger partial charge in [0.25, 0.3) is 0 Å². The number of pyridine rings is 1. The molecule has 0 bridgehead atoms. The number of H-pyrrole nitrogens is 1. The summed E-state index contributed by atoms with van der Waals surface area (Å²) in [6, 6.07) is 17.8. The van der Waals surface area contributed by atoms with E-state index >= 15 is 0 Å². The molecular weight excluding hydrogens is 632 g/mol. The van der Waals surface area contributed by atoms with E-state index in [0.29, 0.717) is 56.5 Å². The van der Waals surface area contributed by atoms with Crippen molar-refractivity contribution in [1.29, 1.82) is 0 Å². The van der Waals surface area contributed by atoms with Crippen LogP contribution in [0.1, 0.15) is 68.0 Å². The van der Waals surface area contributed by atoms with Crippen LogP contribution in [0.2, 0.25) is 0 Å². The largest absolute Gasteiger partial charge is 0.385 e. The molecule has 6 rings (SSSR count). The highest BCUT2D eigenvalue weighted by Gasteiger charge is 2.33. The van der Waals surface area contributed by atoms with E-state index in [9.17, 15) is 19.5 Å². The van der Waals surface area contributed by atoms with E-state index in [4.69, 9.17) is 4.74 Å². The Morgan fingerprint density at radius 1 is 0.920 bits per heavy atom. The van der Waals surface area contributed by atoms with Gasteiger partial charge in [-0.3, -0.25) is 19.4 Å². The second kappa shape index (κ2) is 17.4. The van der Waals surface area contributed by atoms with Crippen molar-refractivity contribution in [3.8, 4) is 0 Å². The number of aliphatic hydroxyl groups excluding tert-OH is 1. The van der Waals surface area contributed by atoms with Crippen LogP contribution in [0.25, 0.3) is 10.8 Å². The number of aromatic amines is 1. The Morgan fingerprint density at radius 3 is 2.46 bits per heavy atom. The summed E-state index contributed by atoms with van der Waals surface area (Å²) in [7, 11) is 0. The maximum absolute atomic E-state index is 14.3. The topological polar surface area (TPSA) is 150 Å². The van der Waals surface area contributed by atoms with Crippen LogP contribution in [-0.2, 0) is 32.0 Å². The third kappa shape index (κ3) is 9.34. The van der Waals surface area contributed by atoms with Crippen molar-refractivity contribution in [2.75, 3.05) is 26.3 Å². The van der Waals surface area contributed by atoms with Crippen LogP contribution in [0.3, 0.4) is 0 Å². The van der Waals surface area contributed by atoms with Crippen molar-refractivity contribution < 1.29 is 24.2 Å². The highest BCUT2D eigenvalue weighted by molar-refractivity contribution is 5.92. The highest BCUT2D eigenvalue weighted by atomic mass is 16.5. The normalized spacial score (nSPS) is 17.8. The van der Waals surface area contributed by atoms with Gasteiger partial charge >= 0.3 is 0 Å². The minimum atomic E-state index is -1.02. The van der Waals surface area contributed by atoms with Gasteiger partial charge in [0.1, 0.15) is 12.1 Å². The number of aliphatic hydroxyl groups is 1. The van der Waals surface area contributed by atoms with Gasteiger partial charge in [-0.1, -0.05) is 80.6 Å². The van der Waals surface area contributed by atoms with Gasteiger partial charge in [-0.05, 0) is 47.2 Å². The van der Waals surface area contributed by atoms with Gasteiger partial charge in [0.15, 0.2) is 0 Å². The predicted molar refractivity (Wildman–Crippen MR) is 190 cm³/mol. The molecule has 4 atom stereocenters. The second-order valence-electron chi connectivity index (χ2n) is 13.6. The second-order valence-corrected chi connectivity index (χ2v) is 13.6. The fourth-order valence-corrected chi connectivity index (χ4v) is 7.35. The predicted octanol–water partition coefficient (Wildman–Crippen LogP) is 4.28. The number of rotatable bonds is 14. The van der Waals surface area contributed by atoms with E-state index in [2.05, 4.69) is 25.6 Å². The van der Waals surface area contributed by atoms with Crippen molar-refractivity contribution in [2.45, 2.75) is 76.0 Å². The summed E-state index contributed by atoms with van der Waals surface area (Å²) >= 11 is 0. The third-order valence-electron chi connectivity index (χ3n) is 10.1. The molecule has 50 heavy (non-hydrogen) atoms. The number of hydrogen-bond acceptors (Lipinski definition) is 7. The van der Waals surface area contributed by atoms with E-state index in [1.54, 1.807) is 29.4 Å². The Morgan fingerprint density at radius 2 is 1.70 bits per heavy atom. The third-order valence-corrected chi connectivity index (χ3v) is 10.1. The lowest BCUT2D eigenvalue weighted by Gasteiger charge is -2.32. The van der Waals surface area contributed by atoms with Crippen molar-refractivity contribution >= 4 is 28.5 Å². The van der Waals surface area contributed by atoms with Gasteiger partial charge in [-0.2, -0.15) is 0 Å². The first-order valence-electron chi connectivity index (χ1n) is 17.9. The number of carbonyl (C=O) groups excluding carboxylic acids is 3.